The first kappa shape index (κ1) is 17.6. The summed E-state index contributed by atoms with van der Waals surface area (Å²) in [5.74, 6) is 1.21. The monoisotopic (exact) mass is 423 g/mol. The second kappa shape index (κ2) is 7.08. The molecule has 0 aliphatic heterocycles. The van der Waals surface area contributed by atoms with Gasteiger partial charge in [0.25, 0.3) is 5.56 Å². The number of nitrogens with zero attached hydrogens (tertiary/aromatic N) is 2. The molecule has 0 bridgehead atoms. The van der Waals surface area contributed by atoms with Gasteiger partial charge >= 0.3 is 0 Å². The predicted molar refractivity (Wildman–Crippen MR) is 106 cm³/mol. The highest BCUT2D eigenvalue weighted by Crippen LogP contribution is 2.37. The standard InChI is InChI=1S/C17H11Cl2N3O2S2/c1-8(26-16-11(19)5-9(18)6-20-16)14-21-15(23)13-10(7-25-17(13)22-14)12-3-2-4-24-12/h2-8H,1H3,(H,21,22,23)/t8-/m1/s1. The topological polar surface area (TPSA) is 71.8 Å². The Labute approximate surface area is 166 Å². The highest BCUT2D eigenvalue weighted by molar-refractivity contribution is 7.99. The molecule has 0 saturated carbocycles. The van der Waals surface area contributed by atoms with Crippen molar-refractivity contribution in [3.05, 3.63) is 62.3 Å². The zero-order valence-corrected chi connectivity index (χ0v) is 16.5. The van der Waals surface area contributed by atoms with E-state index in [1.807, 2.05) is 18.4 Å². The van der Waals surface area contributed by atoms with E-state index in [-0.39, 0.29) is 10.8 Å². The normalized spacial score (nSPS) is 12.6. The van der Waals surface area contributed by atoms with Crippen LogP contribution in [0.2, 0.25) is 10.0 Å². The summed E-state index contributed by atoms with van der Waals surface area (Å²) >= 11 is 14.9. The fraction of sp³-hybridized carbons (Fsp3) is 0.118. The number of hydrogen-bond donors (Lipinski definition) is 1. The first-order valence-corrected chi connectivity index (χ1v) is 10.1. The van der Waals surface area contributed by atoms with E-state index in [2.05, 4.69) is 15.0 Å². The third kappa shape index (κ3) is 3.27. The fourth-order valence-electron chi connectivity index (χ4n) is 2.48. The molecule has 0 unspecified atom stereocenters. The van der Waals surface area contributed by atoms with Gasteiger partial charge in [-0.15, -0.1) is 11.3 Å². The Bertz CT molecular complexity index is 1140. The summed E-state index contributed by atoms with van der Waals surface area (Å²) in [5.41, 5.74) is 0.554. The highest BCUT2D eigenvalue weighted by Gasteiger charge is 2.18. The second-order valence-corrected chi connectivity index (χ2v) is 8.49. The van der Waals surface area contributed by atoms with Gasteiger partial charge in [-0.25, -0.2) is 9.97 Å². The molecule has 9 heteroatoms. The number of thioether (sulfide) groups is 1. The lowest BCUT2D eigenvalue weighted by molar-refractivity contribution is 0.583. The van der Waals surface area contributed by atoms with E-state index in [0.717, 1.165) is 5.56 Å². The summed E-state index contributed by atoms with van der Waals surface area (Å²) in [6, 6.07) is 5.25. The van der Waals surface area contributed by atoms with Crippen LogP contribution in [0.3, 0.4) is 0 Å². The zero-order valence-electron chi connectivity index (χ0n) is 13.3. The van der Waals surface area contributed by atoms with Crippen molar-refractivity contribution >= 4 is 56.5 Å². The van der Waals surface area contributed by atoms with Crippen LogP contribution in [0.15, 0.2) is 50.3 Å². The van der Waals surface area contributed by atoms with Crippen LogP contribution in [-0.4, -0.2) is 15.0 Å². The maximum absolute atomic E-state index is 12.6. The first-order valence-electron chi connectivity index (χ1n) is 7.56. The molecule has 26 heavy (non-hydrogen) atoms. The van der Waals surface area contributed by atoms with Gasteiger partial charge in [-0.3, -0.25) is 4.79 Å². The van der Waals surface area contributed by atoms with Gasteiger partial charge in [0.15, 0.2) is 0 Å². The summed E-state index contributed by atoms with van der Waals surface area (Å²) in [5, 5.41) is 3.85. The van der Waals surface area contributed by atoms with Crippen molar-refractivity contribution in [2.45, 2.75) is 17.2 Å². The molecule has 4 aromatic rings. The van der Waals surface area contributed by atoms with E-state index in [1.54, 1.807) is 18.4 Å². The Balaban J connectivity index is 1.70. The van der Waals surface area contributed by atoms with Gasteiger partial charge in [0, 0.05) is 17.1 Å². The molecule has 0 radical (unpaired) electrons. The number of halogens is 2. The number of furan rings is 1. The van der Waals surface area contributed by atoms with Gasteiger partial charge < -0.3 is 9.40 Å². The maximum atomic E-state index is 12.6. The molecular weight excluding hydrogens is 413 g/mol. The number of rotatable bonds is 4. The number of pyridine rings is 1. The number of H-pyrrole nitrogens is 1. The smallest absolute Gasteiger partial charge is 0.260 e. The molecule has 4 heterocycles. The highest BCUT2D eigenvalue weighted by atomic mass is 35.5. The zero-order chi connectivity index (χ0) is 18.3. The third-order valence-corrected chi connectivity index (χ3v) is 6.30. The quantitative estimate of drug-likeness (QED) is 0.419. The fourth-order valence-corrected chi connectivity index (χ4v) is 4.78. The molecule has 0 amide bonds. The summed E-state index contributed by atoms with van der Waals surface area (Å²) in [4.78, 5) is 25.0. The number of thiophene rings is 1. The van der Waals surface area contributed by atoms with Crippen molar-refractivity contribution < 1.29 is 4.42 Å². The van der Waals surface area contributed by atoms with Crippen molar-refractivity contribution in [3.63, 3.8) is 0 Å². The van der Waals surface area contributed by atoms with Crippen LogP contribution in [0, 0.1) is 0 Å². The number of aromatic nitrogens is 3. The molecule has 0 fully saturated rings. The van der Waals surface area contributed by atoms with Crippen molar-refractivity contribution in [1.29, 1.82) is 0 Å². The molecule has 0 aliphatic carbocycles. The Morgan fingerprint density at radius 1 is 1.38 bits per heavy atom. The Hall–Kier alpha value is -1.80. The van der Waals surface area contributed by atoms with E-state index < -0.39 is 0 Å². The minimum Gasteiger partial charge on any atom is -0.464 e. The first-order chi connectivity index (χ1) is 12.5. The maximum Gasteiger partial charge on any atom is 0.260 e. The van der Waals surface area contributed by atoms with E-state index in [4.69, 9.17) is 27.6 Å². The number of fused-ring (bicyclic) bond motifs is 1. The van der Waals surface area contributed by atoms with E-state index in [1.165, 1.54) is 29.3 Å². The minimum atomic E-state index is -0.194. The van der Waals surface area contributed by atoms with Crippen molar-refractivity contribution in [3.8, 4) is 11.3 Å². The molecular formula is C17H11Cl2N3O2S2. The van der Waals surface area contributed by atoms with E-state index in [0.29, 0.717) is 36.9 Å². The van der Waals surface area contributed by atoms with Gasteiger partial charge in [0.05, 0.1) is 26.9 Å². The Kier molecular flexibility index (Phi) is 4.79. The summed E-state index contributed by atoms with van der Waals surface area (Å²) < 4.78 is 5.41. The molecule has 5 nitrogen and oxygen atoms in total. The van der Waals surface area contributed by atoms with Crippen molar-refractivity contribution in [2.75, 3.05) is 0 Å². The molecule has 4 aromatic heterocycles. The number of nitrogens with one attached hydrogen (secondary N) is 1. The van der Waals surface area contributed by atoms with Crippen LogP contribution in [0.25, 0.3) is 21.5 Å². The Morgan fingerprint density at radius 3 is 2.96 bits per heavy atom. The summed E-state index contributed by atoms with van der Waals surface area (Å²) in [6.07, 6.45) is 3.12. The molecule has 1 atom stereocenters. The third-order valence-electron chi connectivity index (χ3n) is 3.70. The molecule has 0 saturated heterocycles. The largest absolute Gasteiger partial charge is 0.464 e. The number of aromatic amines is 1. The van der Waals surface area contributed by atoms with Crippen LogP contribution in [0.5, 0.6) is 0 Å². The van der Waals surface area contributed by atoms with Gasteiger partial charge in [0.1, 0.15) is 21.4 Å². The van der Waals surface area contributed by atoms with Crippen LogP contribution in [0.4, 0.5) is 0 Å². The van der Waals surface area contributed by atoms with Crippen LogP contribution >= 0.6 is 46.3 Å². The minimum absolute atomic E-state index is 0.146. The molecule has 0 aliphatic rings. The number of hydrogen-bond acceptors (Lipinski definition) is 6. The average molecular weight is 424 g/mol. The SMILES string of the molecule is C[C@@H](Sc1ncc(Cl)cc1Cl)c1nc2scc(-c3ccco3)c2c(=O)[nH]1. The predicted octanol–water partition coefficient (Wildman–Crippen LogP) is 5.80. The van der Waals surface area contributed by atoms with Crippen LogP contribution in [0.1, 0.15) is 18.0 Å². The lowest BCUT2D eigenvalue weighted by Gasteiger charge is -2.11. The molecule has 0 aromatic carbocycles. The van der Waals surface area contributed by atoms with Crippen molar-refractivity contribution in [2.24, 2.45) is 0 Å². The van der Waals surface area contributed by atoms with Crippen LogP contribution < -0.4 is 5.56 Å². The van der Waals surface area contributed by atoms with Crippen LogP contribution in [-0.2, 0) is 0 Å². The van der Waals surface area contributed by atoms with E-state index >= 15 is 0 Å². The lowest BCUT2D eigenvalue weighted by atomic mass is 10.2. The molecule has 132 valence electrons. The van der Waals surface area contributed by atoms with E-state index in [9.17, 15) is 4.79 Å². The van der Waals surface area contributed by atoms with Gasteiger partial charge in [-0.05, 0) is 25.1 Å². The van der Waals surface area contributed by atoms with Crippen molar-refractivity contribution in [1.82, 2.24) is 15.0 Å². The summed E-state index contributed by atoms with van der Waals surface area (Å²) in [6.45, 7) is 1.93. The lowest BCUT2D eigenvalue weighted by Crippen LogP contribution is -2.12. The second-order valence-electron chi connectivity index (χ2n) is 5.46. The average Bonchev–Trinajstić information content (AvgIpc) is 3.26. The van der Waals surface area contributed by atoms with Gasteiger partial charge in [0.2, 0.25) is 0 Å². The molecule has 4 rings (SSSR count). The van der Waals surface area contributed by atoms with Gasteiger partial charge in [-0.2, -0.15) is 0 Å². The molecule has 0 spiro atoms. The Morgan fingerprint density at radius 2 is 2.23 bits per heavy atom. The summed E-state index contributed by atoms with van der Waals surface area (Å²) in [7, 11) is 0. The van der Waals surface area contributed by atoms with Gasteiger partial charge in [-0.1, -0.05) is 35.0 Å². The molecule has 1 N–H and O–H groups in total.